The molecule has 0 aliphatic carbocycles. The van der Waals surface area contributed by atoms with Gasteiger partial charge in [-0.15, -0.1) is 0 Å². The van der Waals surface area contributed by atoms with Crippen LogP contribution in [-0.4, -0.2) is 40.9 Å². The van der Waals surface area contributed by atoms with Gasteiger partial charge in [0.05, 0.1) is 5.92 Å². The number of rotatable bonds is 4. The highest BCUT2D eigenvalue weighted by Gasteiger charge is 2.26. The second-order valence-corrected chi connectivity index (χ2v) is 5.39. The molecule has 1 aliphatic rings. The molecule has 2 amide bonds. The van der Waals surface area contributed by atoms with Crippen molar-refractivity contribution < 1.29 is 19.5 Å². The van der Waals surface area contributed by atoms with Crippen LogP contribution in [0, 0.1) is 5.92 Å². The van der Waals surface area contributed by atoms with Gasteiger partial charge < -0.3 is 15.3 Å². The number of nitrogens with zero attached hydrogens (tertiary/aromatic N) is 1. The van der Waals surface area contributed by atoms with Gasteiger partial charge in [-0.25, -0.2) is 4.79 Å². The lowest BCUT2D eigenvalue weighted by atomic mass is 9.97. The number of carboxylic acids is 1. The SMILES string of the molecule is CCC(=O)c1cccc(NC(=O)N2CCC(C(=O)O)CC2)c1. The Bertz CT molecular complexity index is 577. The molecule has 0 radical (unpaired) electrons. The van der Waals surface area contributed by atoms with Gasteiger partial charge in [-0.3, -0.25) is 9.59 Å². The Balaban J connectivity index is 1.95. The number of amides is 2. The van der Waals surface area contributed by atoms with Gasteiger partial charge >= 0.3 is 12.0 Å². The average Bonchev–Trinajstić information content (AvgIpc) is 2.54. The van der Waals surface area contributed by atoms with Crippen molar-refractivity contribution in [2.45, 2.75) is 26.2 Å². The molecule has 0 atom stereocenters. The molecule has 2 N–H and O–H groups in total. The van der Waals surface area contributed by atoms with E-state index in [4.69, 9.17) is 5.11 Å². The summed E-state index contributed by atoms with van der Waals surface area (Å²) in [5, 5.41) is 11.7. The molecule has 1 heterocycles. The maximum absolute atomic E-state index is 12.2. The van der Waals surface area contributed by atoms with E-state index in [-0.39, 0.29) is 17.7 Å². The standard InChI is InChI=1S/C16H20N2O4/c1-2-14(19)12-4-3-5-13(10-12)17-16(22)18-8-6-11(7-9-18)15(20)21/h3-5,10-11H,2,6-9H2,1H3,(H,17,22)(H,20,21). The van der Waals surface area contributed by atoms with Gasteiger partial charge in [-0.2, -0.15) is 0 Å². The van der Waals surface area contributed by atoms with Gasteiger partial charge in [0.25, 0.3) is 0 Å². The van der Waals surface area contributed by atoms with Crippen LogP contribution in [0.2, 0.25) is 0 Å². The van der Waals surface area contributed by atoms with E-state index < -0.39 is 5.97 Å². The minimum absolute atomic E-state index is 0.0263. The minimum Gasteiger partial charge on any atom is -0.481 e. The quantitative estimate of drug-likeness (QED) is 0.837. The number of carboxylic acid groups (broad SMARTS) is 1. The van der Waals surface area contributed by atoms with Crippen LogP contribution >= 0.6 is 0 Å². The number of urea groups is 1. The van der Waals surface area contributed by atoms with E-state index >= 15 is 0 Å². The molecule has 1 aromatic carbocycles. The Morgan fingerprint density at radius 1 is 1.27 bits per heavy atom. The normalized spacial score (nSPS) is 15.4. The van der Waals surface area contributed by atoms with Gasteiger partial charge in [-0.1, -0.05) is 19.1 Å². The second kappa shape index (κ2) is 7.06. The largest absolute Gasteiger partial charge is 0.481 e. The van der Waals surface area contributed by atoms with Crippen LogP contribution in [0.1, 0.15) is 36.5 Å². The van der Waals surface area contributed by atoms with Gasteiger partial charge in [-0.05, 0) is 25.0 Å². The molecule has 1 aromatic rings. The molecule has 1 saturated heterocycles. The first kappa shape index (κ1) is 16.0. The zero-order chi connectivity index (χ0) is 16.1. The first-order valence-corrected chi connectivity index (χ1v) is 7.43. The molecule has 1 aliphatic heterocycles. The van der Waals surface area contributed by atoms with Crippen molar-refractivity contribution >= 4 is 23.5 Å². The Morgan fingerprint density at radius 2 is 1.95 bits per heavy atom. The molecule has 0 saturated carbocycles. The van der Waals surface area contributed by atoms with Crippen LogP contribution in [-0.2, 0) is 4.79 Å². The highest BCUT2D eigenvalue weighted by molar-refractivity contribution is 5.98. The first-order valence-electron chi connectivity index (χ1n) is 7.43. The van der Waals surface area contributed by atoms with Crippen molar-refractivity contribution in [3.05, 3.63) is 29.8 Å². The summed E-state index contributed by atoms with van der Waals surface area (Å²) in [6, 6.07) is 6.59. The van der Waals surface area contributed by atoms with Crippen LogP contribution in [0.5, 0.6) is 0 Å². The number of Topliss-reactive ketones (excluding diaryl/α,β-unsaturated/α-hetero) is 1. The zero-order valence-corrected chi connectivity index (χ0v) is 12.5. The molecule has 0 bridgehead atoms. The third-order valence-corrected chi connectivity index (χ3v) is 3.89. The summed E-state index contributed by atoms with van der Waals surface area (Å²) in [7, 11) is 0. The van der Waals surface area contributed by atoms with E-state index in [1.165, 1.54) is 0 Å². The smallest absolute Gasteiger partial charge is 0.321 e. The van der Waals surface area contributed by atoms with Crippen molar-refractivity contribution in [3.8, 4) is 0 Å². The molecular weight excluding hydrogens is 284 g/mol. The van der Waals surface area contributed by atoms with Crippen molar-refractivity contribution in [3.63, 3.8) is 0 Å². The van der Waals surface area contributed by atoms with Crippen molar-refractivity contribution in [2.24, 2.45) is 5.92 Å². The van der Waals surface area contributed by atoms with Gasteiger partial charge in [0, 0.05) is 30.8 Å². The number of piperidine rings is 1. The minimum atomic E-state index is -0.800. The summed E-state index contributed by atoms with van der Waals surface area (Å²) < 4.78 is 0. The number of hydrogen-bond acceptors (Lipinski definition) is 3. The number of likely N-dealkylation sites (tertiary alicyclic amines) is 1. The molecule has 0 unspecified atom stereocenters. The molecular formula is C16H20N2O4. The maximum atomic E-state index is 12.2. The van der Waals surface area contributed by atoms with Crippen LogP contribution in [0.25, 0.3) is 0 Å². The molecule has 22 heavy (non-hydrogen) atoms. The molecule has 6 heteroatoms. The maximum Gasteiger partial charge on any atom is 0.321 e. The number of benzene rings is 1. The zero-order valence-electron chi connectivity index (χ0n) is 12.5. The van der Waals surface area contributed by atoms with E-state index in [0.29, 0.717) is 43.6 Å². The summed E-state index contributed by atoms with van der Waals surface area (Å²) in [4.78, 5) is 36.4. The fourth-order valence-electron chi connectivity index (χ4n) is 2.51. The lowest BCUT2D eigenvalue weighted by Crippen LogP contribution is -2.42. The summed E-state index contributed by atoms with van der Waals surface area (Å²) in [5.74, 6) is -1.14. The summed E-state index contributed by atoms with van der Waals surface area (Å²) in [5.41, 5.74) is 1.15. The van der Waals surface area contributed by atoms with E-state index in [1.807, 2.05) is 0 Å². The Labute approximate surface area is 129 Å². The topological polar surface area (TPSA) is 86.7 Å². The lowest BCUT2D eigenvalue weighted by Gasteiger charge is -2.30. The summed E-state index contributed by atoms with van der Waals surface area (Å²) in [6.07, 6.45) is 1.36. The number of aliphatic carboxylic acids is 1. The van der Waals surface area contributed by atoms with Crippen LogP contribution in [0.3, 0.4) is 0 Å². The van der Waals surface area contributed by atoms with Crippen molar-refractivity contribution in [1.29, 1.82) is 0 Å². The highest BCUT2D eigenvalue weighted by atomic mass is 16.4. The predicted molar refractivity (Wildman–Crippen MR) is 82.0 cm³/mol. The number of carbonyl (C=O) groups excluding carboxylic acids is 2. The number of hydrogen-bond donors (Lipinski definition) is 2. The predicted octanol–water partition coefficient (Wildman–Crippen LogP) is 2.61. The van der Waals surface area contributed by atoms with Crippen LogP contribution in [0.4, 0.5) is 10.5 Å². The van der Waals surface area contributed by atoms with E-state index in [1.54, 1.807) is 36.1 Å². The lowest BCUT2D eigenvalue weighted by molar-refractivity contribution is -0.143. The van der Waals surface area contributed by atoms with Crippen LogP contribution < -0.4 is 5.32 Å². The summed E-state index contributed by atoms with van der Waals surface area (Å²) >= 11 is 0. The van der Waals surface area contributed by atoms with E-state index in [0.717, 1.165) is 0 Å². The number of anilines is 1. The van der Waals surface area contributed by atoms with E-state index in [2.05, 4.69) is 5.32 Å². The number of ketones is 1. The first-order chi connectivity index (χ1) is 10.5. The Kier molecular flexibility index (Phi) is 5.14. The molecule has 1 fully saturated rings. The average molecular weight is 304 g/mol. The Morgan fingerprint density at radius 3 is 2.55 bits per heavy atom. The monoisotopic (exact) mass is 304 g/mol. The molecule has 0 aromatic heterocycles. The Hall–Kier alpha value is -2.37. The van der Waals surface area contributed by atoms with Gasteiger partial charge in [0.2, 0.25) is 0 Å². The molecule has 2 rings (SSSR count). The van der Waals surface area contributed by atoms with Crippen LogP contribution in [0.15, 0.2) is 24.3 Å². The number of carbonyl (C=O) groups is 3. The summed E-state index contributed by atoms with van der Waals surface area (Å²) in [6.45, 7) is 2.65. The fourth-order valence-corrected chi connectivity index (χ4v) is 2.51. The van der Waals surface area contributed by atoms with Crippen molar-refractivity contribution in [2.75, 3.05) is 18.4 Å². The number of nitrogens with one attached hydrogen (secondary N) is 1. The van der Waals surface area contributed by atoms with Crippen molar-refractivity contribution in [1.82, 2.24) is 4.90 Å². The third kappa shape index (κ3) is 3.84. The third-order valence-electron chi connectivity index (χ3n) is 3.89. The molecule has 0 spiro atoms. The molecule has 118 valence electrons. The second-order valence-electron chi connectivity index (χ2n) is 5.39. The van der Waals surface area contributed by atoms with Gasteiger partial charge in [0.15, 0.2) is 5.78 Å². The van der Waals surface area contributed by atoms with Gasteiger partial charge in [0.1, 0.15) is 0 Å². The molecule has 6 nitrogen and oxygen atoms in total. The fraction of sp³-hybridized carbons (Fsp3) is 0.438. The highest BCUT2D eigenvalue weighted by Crippen LogP contribution is 2.19. The van der Waals surface area contributed by atoms with E-state index in [9.17, 15) is 14.4 Å².